The van der Waals surface area contributed by atoms with E-state index < -0.39 is 17.5 Å². The maximum absolute atomic E-state index is 11.8. The van der Waals surface area contributed by atoms with Gasteiger partial charge in [0.2, 0.25) is 0 Å². The van der Waals surface area contributed by atoms with Crippen LogP contribution < -0.4 is 0 Å². The van der Waals surface area contributed by atoms with Crippen LogP contribution in [0.5, 0.6) is 0 Å². The molecule has 0 unspecified atom stereocenters. The predicted molar refractivity (Wildman–Crippen MR) is 78.3 cm³/mol. The molecule has 2 heterocycles. The van der Waals surface area contributed by atoms with Gasteiger partial charge in [-0.15, -0.1) is 0 Å². The minimum Gasteiger partial charge on any atom is -0.466 e. The molecule has 0 bridgehead atoms. The van der Waals surface area contributed by atoms with Crippen molar-refractivity contribution in [2.24, 2.45) is 5.41 Å². The minimum atomic E-state index is -0.694. The number of methoxy groups -OCH3 is 2. The van der Waals surface area contributed by atoms with Crippen molar-refractivity contribution in [2.45, 2.75) is 51.0 Å². The van der Waals surface area contributed by atoms with Gasteiger partial charge in [0.1, 0.15) is 12.9 Å². The van der Waals surface area contributed by atoms with Crippen LogP contribution in [0.15, 0.2) is 11.6 Å². The van der Waals surface area contributed by atoms with Crippen LogP contribution in [-0.4, -0.2) is 57.9 Å². The van der Waals surface area contributed by atoms with Crippen molar-refractivity contribution in [3.05, 3.63) is 11.6 Å². The van der Waals surface area contributed by atoms with E-state index in [1.54, 1.807) is 7.11 Å². The average molecular weight is 328 g/mol. The van der Waals surface area contributed by atoms with Crippen molar-refractivity contribution in [1.82, 2.24) is 0 Å². The lowest BCUT2D eigenvalue weighted by Gasteiger charge is -2.39. The number of fused-ring (bicyclic) bond motifs is 3. The Morgan fingerprint density at radius 3 is 2.83 bits per heavy atom. The second-order valence-corrected chi connectivity index (χ2v) is 6.65. The van der Waals surface area contributed by atoms with E-state index in [1.165, 1.54) is 7.11 Å². The summed E-state index contributed by atoms with van der Waals surface area (Å²) < 4.78 is 33.4. The molecule has 0 aromatic carbocycles. The van der Waals surface area contributed by atoms with Crippen molar-refractivity contribution < 1.29 is 33.2 Å². The Balaban J connectivity index is 1.85. The Hall–Kier alpha value is -0.990. The fraction of sp³-hybridized carbons (Fsp3) is 0.812. The smallest absolute Gasteiger partial charge is 0.333 e. The Bertz CT molecular complexity index is 501. The van der Waals surface area contributed by atoms with Gasteiger partial charge in [0.25, 0.3) is 0 Å². The monoisotopic (exact) mass is 328 g/mol. The standard InChI is InChI=1S/C16H24O7/c1-15(2)22-12-14(23-15)21-11-7-10(13(17)19-4)5-6-16(11,12)8-20-9-18-3/h7,11-12,14H,5-6,8-9H2,1-4H3/t11-,12+,14-,16-/m1/s1. The van der Waals surface area contributed by atoms with Gasteiger partial charge in [0, 0.05) is 12.7 Å². The maximum atomic E-state index is 11.8. The van der Waals surface area contributed by atoms with E-state index in [-0.39, 0.29) is 25.0 Å². The second kappa shape index (κ2) is 6.14. The van der Waals surface area contributed by atoms with Crippen LogP contribution in [0, 0.1) is 5.41 Å². The first-order chi connectivity index (χ1) is 10.9. The SMILES string of the molecule is COCOC[C@]12CCC(C(=O)OC)=C[C@H]1O[C@@H]1OC(C)(C)O[C@@H]12. The molecule has 3 aliphatic rings. The summed E-state index contributed by atoms with van der Waals surface area (Å²) in [5, 5.41) is 0. The summed E-state index contributed by atoms with van der Waals surface area (Å²) >= 11 is 0. The van der Waals surface area contributed by atoms with Crippen molar-refractivity contribution in [3.63, 3.8) is 0 Å². The Kier molecular flexibility index (Phi) is 4.50. The Labute approximate surface area is 135 Å². The van der Waals surface area contributed by atoms with Gasteiger partial charge in [-0.2, -0.15) is 0 Å². The fourth-order valence-electron chi connectivity index (χ4n) is 3.64. The molecule has 23 heavy (non-hydrogen) atoms. The van der Waals surface area contributed by atoms with E-state index in [1.807, 2.05) is 19.9 Å². The highest BCUT2D eigenvalue weighted by atomic mass is 16.8. The molecular formula is C16H24O7. The van der Waals surface area contributed by atoms with Gasteiger partial charge in [-0.3, -0.25) is 0 Å². The summed E-state index contributed by atoms with van der Waals surface area (Å²) in [5.41, 5.74) is 0.230. The van der Waals surface area contributed by atoms with E-state index >= 15 is 0 Å². The molecule has 0 spiro atoms. The molecule has 0 N–H and O–H groups in total. The molecule has 4 atom stereocenters. The number of carbonyl (C=O) groups is 1. The molecular weight excluding hydrogens is 304 g/mol. The zero-order chi connectivity index (χ0) is 16.7. The lowest BCUT2D eigenvalue weighted by molar-refractivity contribution is -0.220. The summed E-state index contributed by atoms with van der Waals surface area (Å²) in [5.74, 6) is -1.01. The first kappa shape index (κ1) is 16.9. The number of ether oxygens (including phenoxy) is 6. The maximum Gasteiger partial charge on any atom is 0.333 e. The van der Waals surface area contributed by atoms with E-state index in [2.05, 4.69) is 0 Å². The van der Waals surface area contributed by atoms with E-state index in [4.69, 9.17) is 28.4 Å². The van der Waals surface area contributed by atoms with Crippen LogP contribution in [0.25, 0.3) is 0 Å². The molecule has 2 fully saturated rings. The molecule has 0 amide bonds. The van der Waals surface area contributed by atoms with Crippen molar-refractivity contribution in [3.8, 4) is 0 Å². The van der Waals surface area contributed by atoms with Crippen LogP contribution in [0.3, 0.4) is 0 Å². The molecule has 7 heteroatoms. The molecule has 2 aliphatic heterocycles. The quantitative estimate of drug-likeness (QED) is 0.429. The molecule has 3 rings (SSSR count). The largest absolute Gasteiger partial charge is 0.466 e. The predicted octanol–water partition coefficient (Wildman–Crippen LogP) is 1.36. The van der Waals surface area contributed by atoms with Gasteiger partial charge in [0.05, 0.1) is 25.2 Å². The zero-order valence-corrected chi connectivity index (χ0v) is 14.0. The van der Waals surface area contributed by atoms with Crippen molar-refractivity contribution >= 4 is 5.97 Å². The highest BCUT2D eigenvalue weighted by molar-refractivity contribution is 5.88. The second-order valence-electron chi connectivity index (χ2n) is 6.65. The van der Waals surface area contributed by atoms with Gasteiger partial charge in [-0.25, -0.2) is 4.79 Å². The van der Waals surface area contributed by atoms with Gasteiger partial charge in [-0.1, -0.05) is 0 Å². The lowest BCUT2D eigenvalue weighted by atomic mass is 9.71. The highest BCUT2D eigenvalue weighted by Crippen LogP contribution is 2.53. The Morgan fingerprint density at radius 2 is 2.13 bits per heavy atom. The molecule has 0 saturated carbocycles. The van der Waals surface area contributed by atoms with Crippen LogP contribution in [-0.2, 0) is 33.2 Å². The highest BCUT2D eigenvalue weighted by Gasteiger charge is 2.63. The van der Waals surface area contributed by atoms with Gasteiger partial charge in [-0.05, 0) is 32.8 Å². The topological polar surface area (TPSA) is 72.5 Å². The van der Waals surface area contributed by atoms with Crippen molar-refractivity contribution in [1.29, 1.82) is 0 Å². The summed E-state index contributed by atoms with van der Waals surface area (Å²) in [6.45, 7) is 4.35. The van der Waals surface area contributed by atoms with E-state index in [9.17, 15) is 4.79 Å². The van der Waals surface area contributed by atoms with Crippen LogP contribution in [0.2, 0.25) is 0 Å². The summed E-state index contributed by atoms with van der Waals surface area (Å²) in [6, 6.07) is 0. The molecule has 1 aliphatic carbocycles. The molecule has 2 saturated heterocycles. The normalized spacial score (nSPS) is 37.9. The summed E-state index contributed by atoms with van der Waals surface area (Å²) in [6.07, 6.45) is 2.10. The fourth-order valence-corrected chi connectivity index (χ4v) is 3.64. The molecule has 0 radical (unpaired) electrons. The van der Waals surface area contributed by atoms with Gasteiger partial charge in [0.15, 0.2) is 12.1 Å². The summed E-state index contributed by atoms with van der Waals surface area (Å²) in [7, 11) is 2.96. The number of hydrogen-bond acceptors (Lipinski definition) is 7. The first-order valence-corrected chi connectivity index (χ1v) is 7.79. The molecule has 0 aromatic heterocycles. The zero-order valence-electron chi connectivity index (χ0n) is 14.0. The van der Waals surface area contributed by atoms with Crippen LogP contribution >= 0.6 is 0 Å². The van der Waals surface area contributed by atoms with Gasteiger partial charge >= 0.3 is 5.97 Å². The average Bonchev–Trinajstić information content (AvgIpc) is 2.96. The third kappa shape index (κ3) is 2.92. The molecule has 130 valence electrons. The Morgan fingerprint density at radius 1 is 1.35 bits per heavy atom. The van der Waals surface area contributed by atoms with Gasteiger partial charge < -0.3 is 28.4 Å². The van der Waals surface area contributed by atoms with Crippen LogP contribution in [0.1, 0.15) is 26.7 Å². The minimum absolute atomic E-state index is 0.198. The third-order valence-electron chi connectivity index (χ3n) is 4.70. The van der Waals surface area contributed by atoms with E-state index in [0.717, 1.165) is 0 Å². The lowest BCUT2D eigenvalue weighted by Crippen LogP contribution is -2.47. The number of rotatable bonds is 5. The molecule has 7 nitrogen and oxygen atoms in total. The van der Waals surface area contributed by atoms with E-state index in [0.29, 0.717) is 25.0 Å². The number of carbonyl (C=O) groups excluding carboxylic acids is 1. The first-order valence-electron chi connectivity index (χ1n) is 7.79. The number of esters is 1. The third-order valence-corrected chi connectivity index (χ3v) is 4.70. The van der Waals surface area contributed by atoms with Crippen LogP contribution in [0.4, 0.5) is 0 Å². The molecule has 0 aromatic rings. The number of hydrogen-bond donors (Lipinski definition) is 0. The van der Waals surface area contributed by atoms with Crippen molar-refractivity contribution in [2.75, 3.05) is 27.6 Å². The summed E-state index contributed by atoms with van der Waals surface area (Å²) in [4.78, 5) is 11.8.